The number of amides is 2. The van der Waals surface area contributed by atoms with E-state index in [0.717, 1.165) is 0 Å². The minimum Gasteiger partial charge on any atom is -0.481 e. The predicted molar refractivity (Wildman–Crippen MR) is 78.1 cm³/mol. The van der Waals surface area contributed by atoms with Crippen molar-refractivity contribution in [1.82, 2.24) is 10.6 Å². The average molecular weight is 304 g/mol. The largest absolute Gasteiger partial charge is 0.481 e. The fourth-order valence-electron chi connectivity index (χ4n) is 2.07. The van der Waals surface area contributed by atoms with Crippen LogP contribution in [-0.2, 0) is 15.6 Å². The van der Waals surface area contributed by atoms with Crippen LogP contribution in [0.2, 0.25) is 0 Å². The molecule has 7 heteroatoms. The number of hydrogen-bond acceptors (Lipinski definition) is 3. The lowest BCUT2D eigenvalue weighted by Gasteiger charge is -2.31. The van der Waals surface area contributed by atoms with Crippen LogP contribution in [0.4, 0.5) is 4.79 Å². The van der Waals surface area contributed by atoms with Gasteiger partial charge in [-0.1, -0.05) is 20.8 Å². The summed E-state index contributed by atoms with van der Waals surface area (Å²) in [5.41, 5.74) is -0.330. The van der Waals surface area contributed by atoms with Gasteiger partial charge in [-0.25, -0.2) is 4.79 Å². The summed E-state index contributed by atoms with van der Waals surface area (Å²) in [6, 6.07) is -0.750. The second-order valence-corrected chi connectivity index (χ2v) is 7.95. The summed E-state index contributed by atoms with van der Waals surface area (Å²) in [6.07, 6.45) is 1.31. The number of carbonyl (C=O) groups excluding carboxylic acids is 1. The fourth-order valence-corrected chi connectivity index (χ4v) is 3.37. The maximum Gasteiger partial charge on any atom is 0.315 e. The average Bonchev–Trinajstić information content (AvgIpc) is 2.29. The number of carboxylic acids is 1. The van der Waals surface area contributed by atoms with E-state index in [4.69, 9.17) is 5.11 Å². The Hall–Kier alpha value is -1.11. The summed E-state index contributed by atoms with van der Waals surface area (Å²) in [5, 5.41) is 14.5. The maximum atomic E-state index is 11.9. The zero-order valence-electron chi connectivity index (χ0n) is 12.3. The van der Waals surface area contributed by atoms with E-state index < -0.39 is 22.8 Å². The van der Waals surface area contributed by atoms with Gasteiger partial charge in [0.2, 0.25) is 0 Å². The van der Waals surface area contributed by atoms with E-state index in [1.54, 1.807) is 0 Å². The number of carboxylic acid groups (broad SMARTS) is 1. The topological polar surface area (TPSA) is 95.5 Å². The van der Waals surface area contributed by atoms with Gasteiger partial charge in [0.25, 0.3) is 0 Å². The molecule has 0 aromatic heterocycles. The van der Waals surface area contributed by atoms with E-state index in [1.165, 1.54) is 0 Å². The van der Waals surface area contributed by atoms with Crippen molar-refractivity contribution in [1.29, 1.82) is 0 Å². The molecule has 116 valence electrons. The van der Waals surface area contributed by atoms with Crippen LogP contribution in [-0.4, -0.2) is 44.9 Å². The molecule has 3 N–H and O–H groups in total. The van der Waals surface area contributed by atoms with E-state index in [0.29, 0.717) is 24.3 Å². The molecule has 0 aliphatic carbocycles. The first-order valence-electron chi connectivity index (χ1n) is 6.82. The van der Waals surface area contributed by atoms with Crippen molar-refractivity contribution in [2.24, 2.45) is 5.41 Å². The zero-order chi connectivity index (χ0) is 15.3. The fraction of sp³-hybridized carbons (Fsp3) is 0.846. The van der Waals surface area contributed by atoms with Gasteiger partial charge in [0.05, 0.1) is 6.42 Å². The van der Waals surface area contributed by atoms with Gasteiger partial charge >= 0.3 is 12.0 Å². The lowest BCUT2D eigenvalue weighted by Crippen LogP contribution is -2.52. The Labute approximate surface area is 122 Å². The summed E-state index contributed by atoms with van der Waals surface area (Å²) < 4.78 is 11.2. The second-order valence-electron chi connectivity index (χ2n) is 6.26. The molecule has 1 heterocycles. The quantitative estimate of drug-likeness (QED) is 0.724. The first-order chi connectivity index (χ1) is 9.18. The number of hydrogen-bond donors (Lipinski definition) is 3. The van der Waals surface area contributed by atoms with Crippen molar-refractivity contribution in [3.8, 4) is 0 Å². The van der Waals surface area contributed by atoms with Crippen molar-refractivity contribution in [3.63, 3.8) is 0 Å². The molecular weight excluding hydrogens is 280 g/mol. The number of rotatable bonds is 4. The third-order valence-corrected chi connectivity index (χ3v) is 4.83. The highest BCUT2D eigenvalue weighted by atomic mass is 32.2. The minimum absolute atomic E-state index is 0.0261. The van der Waals surface area contributed by atoms with Crippen LogP contribution in [0.5, 0.6) is 0 Å². The molecule has 0 spiro atoms. The lowest BCUT2D eigenvalue weighted by atomic mass is 9.85. The summed E-state index contributed by atoms with van der Waals surface area (Å²) in [6.45, 7) is 5.68. The van der Waals surface area contributed by atoms with Crippen LogP contribution < -0.4 is 10.6 Å². The molecule has 1 aliphatic heterocycles. The van der Waals surface area contributed by atoms with Crippen LogP contribution in [0.3, 0.4) is 0 Å². The molecule has 1 aliphatic rings. The van der Waals surface area contributed by atoms with Crippen molar-refractivity contribution >= 4 is 22.8 Å². The summed E-state index contributed by atoms with van der Waals surface area (Å²) >= 11 is 0. The van der Waals surface area contributed by atoms with E-state index in [9.17, 15) is 13.8 Å². The minimum atomic E-state index is -0.932. The Balaban J connectivity index is 2.49. The van der Waals surface area contributed by atoms with Gasteiger partial charge in [-0.05, 0) is 18.3 Å². The molecular formula is C13H24N2O4S. The Morgan fingerprint density at radius 2 is 1.85 bits per heavy atom. The van der Waals surface area contributed by atoms with Crippen LogP contribution in [0, 0.1) is 5.41 Å². The molecule has 1 fully saturated rings. The Morgan fingerprint density at radius 3 is 2.30 bits per heavy atom. The molecule has 1 rings (SSSR count). The predicted octanol–water partition coefficient (Wildman–Crippen LogP) is 1.09. The highest BCUT2D eigenvalue weighted by molar-refractivity contribution is 7.85. The molecule has 2 amide bonds. The third kappa shape index (κ3) is 5.90. The van der Waals surface area contributed by atoms with Gasteiger partial charge in [-0.2, -0.15) is 0 Å². The number of carbonyl (C=O) groups is 2. The molecule has 6 nitrogen and oxygen atoms in total. The van der Waals surface area contributed by atoms with E-state index >= 15 is 0 Å². The monoisotopic (exact) mass is 304 g/mol. The van der Waals surface area contributed by atoms with Crippen molar-refractivity contribution < 1.29 is 18.9 Å². The van der Waals surface area contributed by atoms with Crippen LogP contribution in [0.15, 0.2) is 0 Å². The molecule has 1 saturated heterocycles. The van der Waals surface area contributed by atoms with Crippen molar-refractivity contribution in [3.05, 3.63) is 0 Å². The highest BCUT2D eigenvalue weighted by Crippen LogP contribution is 2.21. The SMILES string of the molecule is CC(C)(C)C(CC(=O)O)NC(=O)NC1CCS(=O)CC1. The Bertz CT molecular complexity index is 382. The molecule has 1 unspecified atom stereocenters. The number of urea groups is 1. The molecule has 0 bridgehead atoms. The highest BCUT2D eigenvalue weighted by Gasteiger charge is 2.29. The van der Waals surface area contributed by atoms with Crippen molar-refractivity contribution in [2.75, 3.05) is 11.5 Å². The van der Waals surface area contributed by atoms with Crippen LogP contribution in [0.1, 0.15) is 40.0 Å². The first-order valence-corrected chi connectivity index (χ1v) is 8.31. The van der Waals surface area contributed by atoms with Gasteiger partial charge in [0, 0.05) is 34.4 Å². The van der Waals surface area contributed by atoms with Gasteiger partial charge in [-0.15, -0.1) is 0 Å². The summed E-state index contributed by atoms with van der Waals surface area (Å²) in [4.78, 5) is 22.8. The maximum absolute atomic E-state index is 11.9. The third-order valence-electron chi connectivity index (χ3n) is 3.45. The number of nitrogens with one attached hydrogen (secondary N) is 2. The molecule has 0 aromatic rings. The smallest absolute Gasteiger partial charge is 0.315 e. The standard InChI is InChI=1S/C13H24N2O4S/c1-13(2,3)10(8-11(16)17)15-12(18)14-9-4-6-20(19)7-5-9/h9-10H,4-8H2,1-3H3,(H,16,17)(H2,14,15,18). The van der Waals surface area contributed by atoms with Gasteiger partial charge in [-0.3, -0.25) is 9.00 Å². The first kappa shape index (κ1) is 16.9. The Morgan fingerprint density at radius 1 is 1.30 bits per heavy atom. The van der Waals surface area contributed by atoms with Gasteiger partial charge < -0.3 is 15.7 Å². The van der Waals surface area contributed by atoms with Crippen LogP contribution in [0.25, 0.3) is 0 Å². The lowest BCUT2D eigenvalue weighted by molar-refractivity contribution is -0.138. The van der Waals surface area contributed by atoms with E-state index in [2.05, 4.69) is 10.6 Å². The second kappa shape index (κ2) is 7.06. The normalized spacial score (nSPS) is 24.8. The van der Waals surface area contributed by atoms with Gasteiger partial charge in [0.1, 0.15) is 0 Å². The summed E-state index contributed by atoms with van der Waals surface area (Å²) in [5.74, 6) is 0.296. The van der Waals surface area contributed by atoms with Gasteiger partial charge in [0.15, 0.2) is 0 Å². The zero-order valence-corrected chi connectivity index (χ0v) is 13.1. The molecule has 1 atom stereocenters. The van der Waals surface area contributed by atoms with E-state index in [-0.39, 0.29) is 23.9 Å². The molecule has 0 aromatic carbocycles. The summed E-state index contributed by atoms with van der Waals surface area (Å²) in [7, 11) is -0.758. The molecule has 0 radical (unpaired) electrons. The molecule has 20 heavy (non-hydrogen) atoms. The Kier molecular flexibility index (Phi) is 5.98. The van der Waals surface area contributed by atoms with E-state index in [1.807, 2.05) is 20.8 Å². The van der Waals surface area contributed by atoms with Crippen LogP contribution >= 0.6 is 0 Å². The number of aliphatic carboxylic acids is 1. The van der Waals surface area contributed by atoms with Crippen molar-refractivity contribution in [2.45, 2.75) is 52.1 Å². The molecule has 0 saturated carbocycles.